The molecule has 0 spiro atoms. The third-order valence-electron chi connectivity index (χ3n) is 4.61. The summed E-state index contributed by atoms with van der Waals surface area (Å²) < 4.78 is 40.2. The Morgan fingerprint density at radius 1 is 1.03 bits per heavy atom. The second-order valence-corrected chi connectivity index (χ2v) is 8.47. The van der Waals surface area contributed by atoms with Gasteiger partial charge in [0, 0.05) is 24.0 Å². The quantitative estimate of drug-likeness (QED) is 0.484. The van der Waals surface area contributed by atoms with Crippen LogP contribution < -0.4 is 5.32 Å². The van der Waals surface area contributed by atoms with Crippen molar-refractivity contribution in [2.45, 2.75) is 18.4 Å². The van der Waals surface area contributed by atoms with Gasteiger partial charge >= 0.3 is 0 Å². The third-order valence-corrected chi connectivity index (χ3v) is 6.12. The molecule has 2 aromatic carbocycles. The van der Waals surface area contributed by atoms with Crippen molar-refractivity contribution >= 4 is 26.6 Å². The standard InChI is InChI=1S/C21H19FN4O2S/c1-2-26-21-19(20(25-26)15-6-4-3-5-7-15)18(12-13-23-21)24-14-29(27,28)17-10-8-16(22)9-11-17/h3-13H,2,14H2,1H3,(H,23,24). The highest BCUT2D eigenvalue weighted by molar-refractivity contribution is 7.91. The number of benzene rings is 2. The van der Waals surface area contributed by atoms with E-state index in [0.29, 0.717) is 17.9 Å². The van der Waals surface area contributed by atoms with Crippen LogP contribution in [0.4, 0.5) is 10.1 Å². The fourth-order valence-electron chi connectivity index (χ4n) is 3.16. The lowest BCUT2D eigenvalue weighted by Crippen LogP contribution is -2.15. The van der Waals surface area contributed by atoms with Crippen molar-refractivity contribution < 1.29 is 12.8 Å². The Morgan fingerprint density at radius 3 is 2.45 bits per heavy atom. The topological polar surface area (TPSA) is 76.9 Å². The number of aryl methyl sites for hydroxylation is 1. The first-order chi connectivity index (χ1) is 14.0. The van der Waals surface area contributed by atoms with Crippen molar-refractivity contribution in [1.82, 2.24) is 14.8 Å². The van der Waals surface area contributed by atoms with Crippen LogP contribution in [0.25, 0.3) is 22.3 Å². The largest absolute Gasteiger partial charge is 0.371 e. The highest BCUT2D eigenvalue weighted by atomic mass is 32.2. The molecule has 0 aliphatic heterocycles. The number of halogens is 1. The van der Waals surface area contributed by atoms with Gasteiger partial charge in [-0.25, -0.2) is 22.5 Å². The average Bonchev–Trinajstić information content (AvgIpc) is 3.13. The van der Waals surface area contributed by atoms with Crippen LogP contribution >= 0.6 is 0 Å². The minimum atomic E-state index is -3.65. The first-order valence-corrected chi connectivity index (χ1v) is 10.8. The Balaban J connectivity index is 1.74. The third kappa shape index (κ3) is 3.71. The number of pyridine rings is 1. The number of sulfone groups is 1. The maximum absolute atomic E-state index is 13.1. The van der Waals surface area contributed by atoms with E-state index >= 15 is 0 Å². The van der Waals surface area contributed by atoms with Crippen LogP contribution in [0, 0.1) is 5.82 Å². The van der Waals surface area contributed by atoms with Gasteiger partial charge in [-0.3, -0.25) is 0 Å². The number of hydrogen-bond acceptors (Lipinski definition) is 5. The van der Waals surface area contributed by atoms with Gasteiger partial charge in [-0.1, -0.05) is 30.3 Å². The molecule has 4 rings (SSSR count). The summed E-state index contributed by atoms with van der Waals surface area (Å²) in [6.07, 6.45) is 1.62. The SMILES string of the molecule is CCn1nc(-c2ccccc2)c2c(NCS(=O)(=O)c3ccc(F)cc3)ccnc21. The van der Waals surface area contributed by atoms with Gasteiger partial charge < -0.3 is 5.32 Å². The molecule has 0 saturated heterocycles. The molecule has 2 heterocycles. The van der Waals surface area contributed by atoms with E-state index in [1.165, 1.54) is 12.1 Å². The molecule has 148 valence electrons. The number of nitrogens with zero attached hydrogens (tertiary/aromatic N) is 3. The zero-order valence-corrected chi connectivity index (χ0v) is 16.5. The van der Waals surface area contributed by atoms with Gasteiger partial charge in [0.2, 0.25) is 0 Å². The summed E-state index contributed by atoms with van der Waals surface area (Å²) in [6, 6.07) is 16.2. The maximum Gasteiger partial charge on any atom is 0.196 e. The first kappa shape index (κ1) is 19.1. The Kier molecular flexibility index (Phi) is 5.02. The van der Waals surface area contributed by atoms with Crippen molar-refractivity contribution in [3.8, 4) is 11.3 Å². The average molecular weight is 410 g/mol. The summed E-state index contributed by atoms with van der Waals surface area (Å²) in [5.41, 5.74) is 2.95. The summed E-state index contributed by atoms with van der Waals surface area (Å²) in [7, 11) is -3.65. The molecule has 2 aromatic heterocycles. The molecule has 0 aliphatic carbocycles. The predicted octanol–water partition coefficient (Wildman–Crippen LogP) is 4.10. The van der Waals surface area contributed by atoms with E-state index in [4.69, 9.17) is 0 Å². The zero-order valence-electron chi connectivity index (χ0n) is 15.7. The number of rotatable bonds is 6. The van der Waals surface area contributed by atoms with Gasteiger partial charge in [-0.05, 0) is 37.3 Å². The molecule has 1 N–H and O–H groups in total. The summed E-state index contributed by atoms with van der Waals surface area (Å²) in [5, 5.41) is 8.45. The molecular formula is C21H19FN4O2S. The lowest BCUT2D eigenvalue weighted by atomic mass is 10.1. The normalized spacial score (nSPS) is 11.7. The summed E-state index contributed by atoms with van der Waals surface area (Å²) >= 11 is 0. The van der Waals surface area contributed by atoms with E-state index in [1.807, 2.05) is 37.3 Å². The summed E-state index contributed by atoms with van der Waals surface area (Å²) in [4.78, 5) is 4.50. The number of nitrogens with one attached hydrogen (secondary N) is 1. The molecule has 0 amide bonds. The molecule has 0 saturated carbocycles. The minimum absolute atomic E-state index is 0.0595. The second-order valence-electron chi connectivity index (χ2n) is 6.48. The van der Waals surface area contributed by atoms with Crippen LogP contribution in [0.3, 0.4) is 0 Å². The van der Waals surface area contributed by atoms with E-state index in [0.717, 1.165) is 28.8 Å². The van der Waals surface area contributed by atoms with Crippen molar-refractivity contribution in [2.24, 2.45) is 0 Å². The van der Waals surface area contributed by atoms with Gasteiger partial charge in [0.1, 0.15) is 17.4 Å². The number of anilines is 1. The van der Waals surface area contributed by atoms with Crippen LogP contribution in [0.5, 0.6) is 0 Å². The van der Waals surface area contributed by atoms with Crippen molar-refractivity contribution in [3.05, 3.63) is 72.7 Å². The van der Waals surface area contributed by atoms with E-state index in [1.54, 1.807) is 16.9 Å². The van der Waals surface area contributed by atoms with Crippen LogP contribution in [-0.2, 0) is 16.4 Å². The summed E-state index contributed by atoms with van der Waals surface area (Å²) in [6.45, 7) is 2.61. The monoisotopic (exact) mass is 410 g/mol. The molecule has 0 bridgehead atoms. The number of aromatic nitrogens is 3. The Bertz CT molecular complexity index is 1250. The molecule has 6 nitrogen and oxygen atoms in total. The fourth-order valence-corrected chi connectivity index (χ4v) is 4.22. The first-order valence-electron chi connectivity index (χ1n) is 9.13. The molecule has 8 heteroatoms. The molecule has 4 aromatic rings. The van der Waals surface area contributed by atoms with Crippen LogP contribution in [0.2, 0.25) is 0 Å². The Labute approximate surface area is 167 Å². The maximum atomic E-state index is 13.1. The molecule has 0 unspecified atom stereocenters. The van der Waals surface area contributed by atoms with Crippen molar-refractivity contribution in [2.75, 3.05) is 11.2 Å². The van der Waals surface area contributed by atoms with Crippen LogP contribution in [-0.4, -0.2) is 29.1 Å². The Morgan fingerprint density at radius 2 is 1.76 bits per heavy atom. The van der Waals surface area contributed by atoms with E-state index in [2.05, 4.69) is 15.4 Å². The van der Waals surface area contributed by atoms with E-state index in [9.17, 15) is 12.8 Å². The molecule has 0 atom stereocenters. The molecule has 29 heavy (non-hydrogen) atoms. The number of hydrogen-bond donors (Lipinski definition) is 1. The lowest BCUT2D eigenvalue weighted by molar-refractivity contribution is 0.596. The van der Waals surface area contributed by atoms with Crippen LogP contribution in [0.1, 0.15) is 6.92 Å². The smallest absolute Gasteiger partial charge is 0.196 e. The van der Waals surface area contributed by atoms with Crippen LogP contribution in [0.15, 0.2) is 71.8 Å². The Hall–Kier alpha value is -3.26. The second kappa shape index (κ2) is 7.63. The zero-order chi connectivity index (χ0) is 20.4. The molecule has 0 fully saturated rings. The minimum Gasteiger partial charge on any atom is -0.371 e. The fraction of sp³-hybridized carbons (Fsp3) is 0.143. The predicted molar refractivity (Wildman–Crippen MR) is 111 cm³/mol. The van der Waals surface area contributed by atoms with E-state index < -0.39 is 15.7 Å². The molecule has 0 radical (unpaired) electrons. The lowest BCUT2D eigenvalue weighted by Gasteiger charge is -2.10. The van der Waals surface area contributed by atoms with Gasteiger partial charge in [0.05, 0.1) is 10.3 Å². The van der Waals surface area contributed by atoms with Gasteiger partial charge in [-0.15, -0.1) is 0 Å². The van der Waals surface area contributed by atoms with E-state index in [-0.39, 0.29) is 10.8 Å². The molecular weight excluding hydrogens is 391 g/mol. The van der Waals surface area contributed by atoms with Gasteiger partial charge in [0.15, 0.2) is 15.5 Å². The van der Waals surface area contributed by atoms with Crippen molar-refractivity contribution in [3.63, 3.8) is 0 Å². The highest BCUT2D eigenvalue weighted by Crippen LogP contribution is 2.32. The summed E-state index contributed by atoms with van der Waals surface area (Å²) in [5.74, 6) is -0.809. The van der Waals surface area contributed by atoms with Gasteiger partial charge in [-0.2, -0.15) is 5.10 Å². The van der Waals surface area contributed by atoms with Crippen molar-refractivity contribution in [1.29, 1.82) is 0 Å². The molecule has 0 aliphatic rings. The number of fused-ring (bicyclic) bond motifs is 1. The highest BCUT2D eigenvalue weighted by Gasteiger charge is 2.19. The van der Waals surface area contributed by atoms with Gasteiger partial charge in [0.25, 0.3) is 0 Å².